The quantitative estimate of drug-likeness (QED) is 0.517. The number of carbonyl (C=O) groups is 2. The van der Waals surface area contributed by atoms with E-state index in [0.29, 0.717) is 10.5 Å². The first kappa shape index (κ1) is 20.9. The maximum Gasteiger partial charge on any atom is 0.573 e. The lowest BCUT2D eigenvalue weighted by atomic mass is 10.1. The van der Waals surface area contributed by atoms with Crippen molar-refractivity contribution in [3.05, 3.63) is 65.3 Å². The summed E-state index contributed by atoms with van der Waals surface area (Å²) in [5.41, 5.74) is 1.61. The predicted molar refractivity (Wildman–Crippen MR) is 108 cm³/mol. The standard InChI is InChI=1S/C21H15ClF3N3O3/c1-12-19(29)28(15-3-5-16(6-4-15)31-21(23,24)25)20(30)27(12)11-13-8-9-26-18-7-2-14(22)10-17(13)18/h2-10,12H,11H2,1H3. The van der Waals surface area contributed by atoms with E-state index in [1.807, 2.05) is 0 Å². The number of fused-ring (bicyclic) bond motifs is 1. The molecule has 1 fully saturated rings. The number of urea groups is 1. The summed E-state index contributed by atoms with van der Waals surface area (Å²) < 4.78 is 40.9. The maximum atomic E-state index is 13.0. The Kier molecular flexibility index (Phi) is 5.22. The molecule has 0 saturated carbocycles. The lowest BCUT2D eigenvalue weighted by Gasteiger charge is -2.20. The van der Waals surface area contributed by atoms with E-state index in [2.05, 4.69) is 9.72 Å². The molecule has 31 heavy (non-hydrogen) atoms. The molecular weight excluding hydrogens is 435 g/mol. The molecule has 1 unspecified atom stereocenters. The van der Waals surface area contributed by atoms with Crippen molar-refractivity contribution in [2.45, 2.75) is 25.9 Å². The Morgan fingerprint density at radius 3 is 2.48 bits per heavy atom. The number of hydrogen-bond donors (Lipinski definition) is 0. The molecule has 0 N–H and O–H groups in total. The minimum atomic E-state index is -4.83. The second-order valence-corrected chi connectivity index (χ2v) is 7.37. The molecule has 1 aliphatic heterocycles. The predicted octanol–water partition coefficient (Wildman–Crippen LogP) is 5.14. The molecule has 3 aromatic rings. The van der Waals surface area contributed by atoms with Crippen molar-refractivity contribution in [2.75, 3.05) is 4.90 Å². The van der Waals surface area contributed by atoms with Gasteiger partial charge >= 0.3 is 12.4 Å². The van der Waals surface area contributed by atoms with Gasteiger partial charge in [-0.2, -0.15) is 0 Å². The van der Waals surface area contributed by atoms with E-state index >= 15 is 0 Å². The van der Waals surface area contributed by atoms with Gasteiger partial charge in [0.25, 0.3) is 5.91 Å². The molecule has 0 spiro atoms. The summed E-state index contributed by atoms with van der Waals surface area (Å²) in [6.07, 6.45) is -3.22. The first-order valence-electron chi connectivity index (χ1n) is 9.17. The molecule has 6 nitrogen and oxygen atoms in total. The maximum absolute atomic E-state index is 13.0. The van der Waals surface area contributed by atoms with E-state index in [4.69, 9.17) is 11.6 Å². The molecule has 1 aliphatic rings. The fraction of sp³-hybridized carbons (Fsp3) is 0.190. The van der Waals surface area contributed by atoms with Crippen molar-refractivity contribution in [3.63, 3.8) is 0 Å². The van der Waals surface area contributed by atoms with Crippen molar-refractivity contribution in [2.24, 2.45) is 0 Å². The topological polar surface area (TPSA) is 62.7 Å². The lowest BCUT2D eigenvalue weighted by Crippen LogP contribution is -2.33. The summed E-state index contributed by atoms with van der Waals surface area (Å²) in [5, 5.41) is 1.27. The Morgan fingerprint density at radius 1 is 1.10 bits per heavy atom. The van der Waals surface area contributed by atoms with Crippen LogP contribution in [0.3, 0.4) is 0 Å². The summed E-state index contributed by atoms with van der Waals surface area (Å²) in [5.74, 6) is -0.925. The van der Waals surface area contributed by atoms with E-state index in [-0.39, 0.29) is 12.2 Å². The monoisotopic (exact) mass is 449 g/mol. The lowest BCUT2D eigenvalue weighted by molar-refractivity contribution is -0.274. The van der Waals surface area contributed by atoms with Gasteiger partial charge in [0.05, 0.1) is 11.2 Å². The zero-order valence-corrected chi connectivity index (χ0v) is 16.8. The first-order chi connectivity index (χ1) is 14.6. The third kappa shape index (κ3) is 4.13. The molecule has 1 aromatic heterocycles. The highest BCUT2D eigenvalue weighted by atomic mass is 35.5. The van der Waals surface area contributed by atoms with Crippen molar-refractivity contribution < 1.29 is 27.5 Å². The van der Waals surface area contributed by atoms with Crippen LogP contribution in [0.5, 0.6) is 5.75 Å². The second kappa shape index (κ2) is 7.73. The minimum Gasteiger partial charge on any atom is -0.406 e. The van der Waals surface area contributed by atoms with Gasteiger partial charge in [0.15, 0.2) is 0 Å². The number of aromatic nitrogens is 1. The molecule has 3 amide bonds. The normalized spacial score (nSPS) is 17.0. The number of pyridine rings is 1. The Balaban J connectivity index is 1.60. The number of halogens is 4. The number of hydrogen-bond acceptors (Lipinski definition) is 4. The molecule has 0 aliphatic carbocycles. The number of anilines is 1. The van der Waals surface area contributed by atoms with E-state index in [1.54, 1.807) is 37.4 Å². The molecule has 2 aromatic carbocycles. The van der Waals surface area contributed by atoms with E-state index in [0.717, 1.165) is 28.0 Å². The van der Waals surface area contributed by atoms with Gasteiger partial charge in [-0.05, 0) is 61.0 Å². The van der Waals surface area contributed by atoms with Gasteiger partial charge in [0, 0.05) is 23.2 Å². The number of benzene rings is 2. The van der Waals surface area contributed by atoms with Crippen LogP contribution in [0.1, 0.15) is 12.5 Å². The van der Waals surface area contributed by atoms with E-state index in [1.165, 1.54) is 17.0 Å². The van der Waals surface area contributed by atoms with Crippen molar-refractivity contribution in [3.8, 4) is 5.75 Å². The largest absolute Gasteiger partial charge is 0.573 e. The van der Waals surface area contributed by atoms with Crippen LogP contribution < -0.4 is 9.64 Å². The zero-order chi connectivity index (χ0) is 22.3. The Hall–Kier alpha value is -3.33. The number of nitrogens with zero attached hydrogens (tertiary/aromatic N) is 3. The summed E-state index contributed by atoms with van der Waals surface area (Å²) in [6, 6.07) is 10.2. The molecular formula is C21H15ClF3N3O3. The Bertz CT molecular complexity index is 1170. The first-order valence-corrected chi connectivity index (χ1v) is 9.55. The summed E-state index contributed by atoms with van der Waals surface area (Å²) >= 11 is 6.09. The van der Waals surface area contributed by atoms with Crippen molar-refractivity contribution in [1.29, 1.82) is 0 Å². The number of imide groups is 1. The second-order valence-electron chi connectivity index (χ2n) is 6.93. The van der Waals surface area contributed by atoms with Gasteiger partial charge in [-0.15, -0.1) is 13.2 Å². The zero-order valence-electron chi connectivity index (χ0n) is 16.1. The SMILES string of the molecule is CC1C(=O)N(c2ccc(OC(F)(F)F)cc2)C(=O)N1Cc1ccnc2ccc(Cl)cc12. The molecule has 0 radical (unpaired) electrons. The molecule has 1 saturated heterocycles. The third-order valence-corrected chi connectivity index (χ3v) is 5.18. The van der Waals surface area contributed by atoms with Crippen LogP contribution in [-0.4, -0.2) is 34.2 Å². The van der Waals surface area contributed by atoms with Crippen LogP contribution in [0, 0.1) is 0 Å². The van der Waals surface area contributed by atoms with E-state index < -0.39 is 30.1 Å². The molecule has 10 heteroatoms. The van der Waals surface area contributed by atoms with Crippen molar-refractivity contribution >= 4 is 40.1 Å². The van der Waals surface area contributed by atoms with Crippen LogP contribution >= 0.6 is 11.6 Å². The Labute approximate surface area is 179 Å². The summed E-state index contributed by atoms with van der Waals surface area (Å²) in [4.78, 5) is 32.4. The summed E-state index contributed by atoms with van der Waals surface area (Å²) in [7, 11) is 0. The number of alkyl halides is 3. The van der Waals surface area contributed by atoms with Gasteiger partial charge < -0.3 is 9.64 Å². The molecule has 2 heterocycles. The van der Waals surface area contributed by atoms with Gasteiger partial charge in [-0.3, -0.25) is 9.78 Å². The van der Waals surface area contributed by atoms with Crippen LogP contribution in [0.25, 0.3) is 10.9 Å². The fourth-order valence-electron chi connectivity index (χ4n) is 3.44. The van der Waals surface area contributed by atoms with Gasteiger partial charge in [-0.1, -0.05) is 11.6 Å². The average molecular weight is 450 g/mol. The third-order valence-electron chi connectivity index (χ3n) is 4.95. The summed E-state index contributed by atoms with van der Waals surface area (Å²) in [6.45, 7) is 1.73. The molecule has 4 rings (SSSR count). The van der Waals surface area contributed by atoms with Gasteiger partial charge in [0.2, 0.25) is 0 Å². The van der Waals surface area contributed by atoms with Gasteiger partial charge in [-0.25, -0.2) is 9.69 Å². The number of rotatable bonds is 4. The van der Waals surface area contributed by atoms with Crippen LogP contribution in [0.15, 0.2) is 54.7 Å². The minimum absolute atomic E-state index is 0.136. The van der Waals surface area contributed by atoms with Gasteiger partial charge in [0.1, 0.15) is 11.8 Å². The van der Waals surface area contributed by atoms with Crippen molar-refractivity contribution in [1.82, 2.24) is 9.88 Å². The average Bonchev–Trinajstić information content (AvgIpc) is 2.91. The van der Waals surface area contributed by atoms with Crippen LogP contribution in [0.2, 0.25) is 5.02 Å². The molecule has 0 bridgehead atoms. The highest BCUT2D eigenvalue weighted by Gasteiger charge is 2.43. The fourth-order valence-corrected chi connectivity index (χ4v) is 3.62. The number of amides is 3. The molecule has 1 atom stereocenters. The van der Waals surface area contributed by atoms with Crippen LogP contribution in [0.4, 0.5) is 23.7 Å². The highest BCUT2D eigenvalue weighted by Crippen LogP contribution is 2.31. The smallest absolute Gasteiger partial charge is 0.406 e. The van der Waals surface area contributed by atoms with Crippen LogP contribution in [-0.2, 0) is 11.3 Å². The number of ether oxygens (including phenoxy) is 1. The highest BCUT2D eigenvalue weighted by molar-refractivity contribution is 6.31. The van der Waals surface area contributed by atoms with E-state index in [9.17, 15) is 22.8 Å². The number of carbonyl (C=O) groups excluding carboxylic acids is 2. The molecule has 160 valence electrons. The Morgan fingerprint density at radius 2 is 1.81 bits per heavy atom.